The van der Waals surface area contributed by atoms with E-state index in [0.29, 0.717) is 5.41 Å². The second-order valence-electron chi connectivity index (χ2n) is 5.32. The molecule has 0 N–H and O–H groups in total. The number of hydrogen-bond acceptors (Lipinski definition) is 0. The van der Waals surface area contributed by atoms with Crippen LogP contribution in [0.2, 0.25) is 0 Å². The molecule has 0 nitrogen and oxygen atoms in total. The predicted molar refractivity (Wildman–Crippen MR) is 65.9 cm³/mol. The Bertz CT molecular complexity index is 180. The van der Waals surface area contributed by atoms with Gasteiger partial charge in [-0.15, -0.1) is 0 Å². The average Bonchev–Trinajstić information content (AvgIpc) is 2.27. The van der Waals surface area contributed by atoms with E-state index >= 15 is 0 Å². The molecule has 0 aliphatic carbocycles. The quantitative estimate of drug-likeness (QED) is 0.637. The van der Waals surface area contributed by atoms with Gasteiger partial charge in [-0.25, -0.2) is 10.0 Å². The lowest BCUT2D eigenvalue weighted by Gasteiger charge is -2.39. The van der Waals surface area contributed by atoms with Gasteiger partial charge in [-0.2, -0.15) is 0 Å². The van der Waals surface area contributed by atoms with E-state index in [1.807, 2.05) is 0 Å². The lowest BCUT2D eigenvalue weighted by molar-refractivity contribution is 0.288. The molecule has 1 fully saturated rings. The first kappa shape index (κ1) is 11.4. The van der Waals surface area contributed by atoms with Crippen molar-refractivity contribution in [3.63, 3.8) is 0 Å². The molecule has 1 aliphatic heterocycles. The molecular formula is C12H26S. The third-order valence-corrected chi connectivity index (χ3v) is 10.1. The highest BCUT2D eigenvalue weighted by Gasteiger charge is 2.47. The van der Waals surface area contributed by atoms with E-state index < -0.39 is 0 Å². The SMILES string of the molecule is CCS1(CC)CC(C)(C)C(C)C1C. The van der Waals surface area contributed by atoms with Crippen LogP contribution in [0.3, 0.4) is 0 Å². The number of rotatable bonds is 2. The molecule has 1 rings (SSSR count). The Morgan fingerprint density at radius 2 is 1.62 bits per heavy atom. The van der Waals surface area contributed by atoms with E-state index in [0.717, 1.165) is 11.2 Å². The van der Waals surface area contributed by atoms with Crippen molar-refractivity contribution in [3.8, 4) is 0 Å². The van der Waals surface area contributed by atoms with E-state index in [1.165, 1.54) is 17.3 Å². The second-order valence-corrected chi connectivity index (χ2v) is 9.73. The first-order valence-electron chi connectivity index (χ1n) is 5.65. The molecule has 2 atom stereocenters. The standard InChI is InChI=1S/C12H26S/c1-7-13(8-2)9-12(5,6)10(3)11(13)4/h10-11H,7-9H2,1-6H3. The van der Waals surface area contributed by atoms with E-state index in [-0.39, 0.29) is 10.0 Å². The summed E-state index contributed by atoms with van der Waals surface area (Å²) < 4.78 is 0. The summed E-state index contributed by atoms with van der Waals surface area (Å²) in [5, 5.41) is 0.984. The van der Waals surface area contributed by atoms with Crippen LogP contribution < -0.4 is 0 Å². The molecule has 0 aromatic rings. The largest absolute Gasteiger partial charge is 0.238 e. The maximum atomic E-state index is 2.50. The Morgan fingerprint density at radius 1 is 1.15 bits per heavy atom. The fourth-order valence-electron chi connectivity index (χ4n) is 3.01. The third kappa shape index (κ3) is 1.65. The summed E-state index contributed by atoms with van der Waals surface area (Å²) in [7, 11) is -0.273. The van der Waals surface area contributed by atoms with Gasteiger partial charge < -0.3 is 0 Å². The van der Waals surface area contributed by atoms with Crippen molar-refractivity contribution in [2.24, 2.45) is 11.3 Å². The lowest BCUT2D eigenvalue weighted by Crippen LogP contribution is -2.22. The van der Waals surface area contributed by atoms with Crippen LogP contribution in [0.15, 0.2) is 0 Å². The minimum absolute atomic E-state index is 0.273. The molecule has 0 saturated carbocycles. The van der Waals surface area contributed by atoms with Gasteiger partial charge in [0.1, 0.15) is 0 Å². The van der Waals surface area contributed by atoms with Crippen molar-refractivity contribution < 1.29 is 0 Å². The maximum absolute atomic E-state index is 2.50. The molecule has 0 bridgehead atoms. The highest BCUT2D eigenvalue weighted by molar-refractivity contribution is 8.34. The molecule has 0 aromatic carbocycles. The summed E-state index contributed by atoms with van der Waals surface area (Å²) in [4.78, 5) is 0. The second kappa shape index (κ2) is 3.49. The Hall–Kier alpha value is 0.350. The monoisotopic (exact) mass is 202 g/mol. The van der Waals surface area contributed by atoms with Gasteiger partial charge in [0.15, 0.2) is 0 Å². The minimum Gasteiger partial charge on any atom is -0.238 e. The van der Waals surface area contributed by atoms with Crippen LogP contribution in [-0.4, -0.2) is 22.5 Å². The van der Waals surface area contributed by atoms with Gasteiger partial charge in [0, 0.05) is 0 Å². The van der Waals surface area contributed by atoms with Gasteiger partial charge in [-0.05, 0) is 33.8 Å². The van der Waals surface area contributed by atoms with Crippen molar-refractivity contribution in [1.82, 2.24) is 0 Å². The lowest BCUT2D eigenvalue weighted by atomic mass is 9.81. The van der Waals surface area contributed by atoms with Gasteiger partial charge in [0.2, 0.25) is 0 Å². The topological polar surface area (TPSA) is 0 Å². The van der Waals surface area contributed by atoms with E-state index in [1.54, 1.807) is 0 Å². The van der Waals surface area contributed by atoms with E-state index in [2.05, 4.69) is 41.5 Å². The van der Waals surface area contributed by atoms with Crippen molar-refractivity contribution in [1.29, 1.82) is 0 Å². The van der Waals surface area contributed by atoms with Gasteiger partial charge in [0.05, 0.1) is 0 Å². The maximum Gasteiger partial charge on any atom is -0.0109 e. The Morgan fingerprint density at radius 3 is 1.77 bits per heavy atom. The molecule has 13 heavy (non-hydrogen) atoms. The average molecular weight is 202 g/mol. The smallest absolute Gasteiger partial charge is 0.0109 e. The molecule has 2 unspecified atom stereocenters. The van der Waals surface area contributed by atoms with Crippen LogP contribution >= 0.6 is 10.0 Å². The van der Waals surface area contributed by atoms with Gasteiger partial charge in [-0.3, -0.25) is 0 Å². The molecule has 1 heterocycles. The van der Waals surface area contributed by atoms with Gasteiger partial charge in [0.25, 0.3) is 0 Å². The van der Waals surface area contributed by atoms with Crippen molar-refractivity contribution in [3.05, 3.63) is 0 Å². The van der Waals surface area contributed by atoms with Crippen LogP contribution in [-0.2, 0) is 0 Å². The summed E-state index contributed by atoms with van der Waals surface area (Å²) in [6.45, 7) is 14.7. The van der Waals surface area contributed by atoms with E-state index in [9.17, 15) is 0 Å². The van der Waals surface area contributed by atoms with Crippen molar-refractivity contribution in [2.45, 2.75) is 46.8 Å². The van der Waals surface area contributed by atoms with Gasteiger partial charge in [-0.1, -0.05) is 41.5 Å². The third-order valence-electron chi connectivity index (χ3n) is 4.53. The zero-order valence-corrected chi connectivity index (χ0v) is 11.0. The molecule has 0 radical (unpaired) electrons. The van der Waals surface area contributed by atoms with Crippen LogP contribution in [0.1, 0.15) is 41.5 Å². The summed E-state index contributed by atoms with van der Waals surface area (Å²) >= 11 is 0. The first-order valence-corrected chi connectivity index (χ1v) is 7.85. The summed E-state index contributed by atoms with van der Waals surface area (Å²) in [6.07, 6.45) is 0. The fourth-order valence-corrected chi connectivity index (χ4v) is 8.12. The Labute approximate surface area is 85.8 Å². The molecule has 1 aliphatic rings. The molecule has 0 aromatic heterocycles. The molecule has 0 spiro atoms. The fraction of sp³-hybridized carbons (Fsp3) is 1.00. The van der Waals surface area contributed by atoms with Gasteiger partial charge >= 0.3 is 0 Å². The molecule has 1 heteroatoms. The van der Waals surface area contributed by atoms with Crippen molar-refractivity contribution >= 4 is 10.0 Å². The molecule has 80 valence electrons. The highest BCUT2D eigenvalue weighted by Crippen LogP contribution is 2.66. The van der Waals surface area contributed by atoms with Crippen LogP contribution in [0.5, 0.6) is 0 Å². The zero-order chi connectivity index (χ0) is 10.3. The summed E-state index contributed by atoms with van der Waals surface area (Å²) in [5.41, 5.74) is 0.598. The van der Waals surface area contributed by atoms with E-state index in [4.69, 9.17) is 0 Å². The summed E-state index contributed by atoms with van der Waals surface area (Å²) in [5.74, 6) is 5.31. The summed E-state index contributed by atoms with van der Waals surface area (Å²) in [6, 6.07) is 0. The van der Waals surface area contributed by atoms with Crippen LogP contribution in [0, 0.1) is 11.3 Å². The predicted octanol–water partition coefficient (Wildman–Crippen LogP) is 3.90. The van der Waals surface area contributed by atoms with Crippen LogP contribution in [0.25, 0.3) is 0 Å². The zero-order valence-electron chi connectivity index (χ0n) is 10.2. The molecular weight excluding hydrogens is 176 g/mol. The van der Waals surface area contributed by atoms with Crippen LogP contribution in [0.4, 0.5) is 0 Å². The molecule has 0 amide bonds. The molecule has 1 saturated heterocycles. The normalized spacial score (nSPS) is 38.9. The Kier molecular flexibility index (Phi) is 3.07. The number of hydrogen-bond donors (Lipinski definition) is 0. The highest BCUT2D eigenvalue weighted by atomic mass is 32.3. The first-order chi connectivity index (χ1) is 5.89. The Balaban J connectivity index is 2.93. The van der Waals surface area contributed by atoms with Crippen molar-refractivity contribution in [2.75, 3.05) is 17.3 Å². The minimum atomic E-state index is -0.273.